The fourth-order valence-electron chi connectivity index (χ4n) is 3.22. The molecule has 106 valence electrons. The molecule has 1 fully saturated rings. The number of hydrogen-bond donors (Lipinski definition) is 1. The van der Waals surface area contributed by atoms with E-state index in [1.165, 1.54) is 36.9 Å². The normalized spacial score (nSPS) is 24.2. The zero-order valence-corrected chi connectivity index (χ0v) is 13.0. The summed E-state index contributed by atoms with van der Waals surface area (Å²) in [5.74, 6) is 0.896. The first-order chi connectivity index (χ1) is 8.99. The van der Waals surface area contributed by atoms with Gasteiger partial charge in [-0.2, -0.15) is 0 Å². The van der Waals surface area contributed by atoms with Gasteiger partial charge in [0, 0.05) is 11.7 Å². The fourth-order valence-corrected chi connectivity index (χ4v) is 3.22. The molecule has 0 amide bonds. The highest BCUT2D eigenvalue weighted by Gasteiger charge is 2.29. The number of aryl methyl sites for hydroxylation is 1. The van der Waals surface area contributed by atoms with E-state index >= 15 is 0 Å². The van der Waals surface area contributed by atoms with Crippen LogP contribution in [0.3, 0.4) is 0 Å². The van der Waals surface area contributed by atoms with Gasteiger partial charge in [0.1, 0.15) is 0 Å². The van der Waals surface area contributed by atoms with E-state index in [1.807, 2.05) is 0 Å². The molecule has 0 spiro atoms. The van der Waals surface area contributed by atoms with Crippen LogP contribution in [0.5, 0.6) is 0 Å². The van der Waals surface area contributed by atoms with Crippen molar-refractivity contribution in [1.29, 1.82) is 0 Å². The second-order valence-electron chi connectivity index (χ2n) is 7.11. The van der Waals surface area contributed by atoms with Crippen molar-refractivity contribution in [3.63, 3.8) is 0 Å². The average Bonchev–Trinajstić information content (AvgIpc) is 2.38. The third-order valence-electron chi connectivity index (χ3n) is 4.66. The van der Waals surface area contributed by atoms with Gasteiger partial charge in [0.25, 0.3) is 0 Å². The molecule has 0 radical (unpaired) electrons. The summed E-state index contributed by atoms with van der Waals surface area (Å²) >= 11 is 0. The van der Waals surface area contributed by atoms with Crippen LogP contribution in [0.2, 0.25) is 0 Å². The van der Waals surface area contributed by atoms with E-state index in [0.717, 1.165) is 12.3 Å². The molecule has 0 bridgehead atoms. The molecule has 1 nitrogen and oxygen atoms in total. The highest BCUT2D eigenvalue weighted by Crippen LogP contribution is 2.38. The van der Waals surface area contributed by atoms with Gasteiger partial charge in [-0.05, 0) is 61.1 Å². The minimum Gasteiger partial charge on any atom is -0.382 e. The molecule has 0 heterocycles. The van der Waals surface area contributed by atoms with Crippen LogP contribution in [0.25, 0.3) is 0 Å². The lowest BCUT2D eigenvalue weighted by molar-refractivity contribution is 0.173. The summed E-state index contributed by atoms with van der Waals surface area (Å²) in [4.78, 5) is 0. The summed E-state index contributed by atoms with van der Waals surface area (Å²) < 4.78 is 0. The van der Waals surface area contributed by atoms with Crippen molar-refractivity contribution in [3.05, 3.63) is 29.8 Å². The zero-order valence-electron chi connectivity index (χ0n) is 13.0. The highest BCUT2D eigenvalue weighted by atomic mass is 14.9. The number of rotatable bonds is 3. The molecule has 19 heavy (non-hydrogen) atoms. The van der Waals surface area contributed by atoms with Crippen LogP contribution in [-0.2, 0) is 6.42 Å². The maximum absolute atomic E-state index is 3.73. The lowest BCUT2D eigenvalue weighted by Gasteiger charge is -2.37. The van der Waals surface area contributed by atoms with Gasteiger partial charge in [-0.1, -0.05) is 39.8 Å². The van der Waals surface area contributed by atoms with Gasteiger partial charge in [0.15, 0.2) is 0 Å². The molecular weight excluding hydrogens is 230 g/mol. The first-order valence-electron chi connectivity index (χ1n) is 7.84. The van der Waals surface area contributed by atoms with Crippen molar-refractivity contribution in [2.24, 2.45) is 11.3 Å². The summed E-state index contributed by atoms with van der Waals surface area (Å²) in [5, 5.41) is 3.73. The zero-order chi connectivity index (χ0) is 13.9. The van der Waals surface area contributed by atoms with Crippen LogP contribution in [0.4, 0.5) is 5.69 Å². The largest absolute Gasteiger partial charge is 0.382 e. The Kier molecular flexibility index (Phi) is 4.54. The summed E-state index contributed by atoms with van der Waals surface area (Å²) in [6.45, 7) is 9.37. The topological polar surface area (TPSA) is 12.0 Å². The standard InChI is InChI=1S/C18H29N/c1-5-14-7-6-8-17(13-14)19-16-11-9-15(10-12-16)18(2,3)4/h6-8,13,15-16,19H,5,9-12H2,1-4H3. The Morgan fingerprint density at radius 3 is 2.37 bits per heavy atom. The molecule has 0 unspecified atom stereocenters. The van der Waals surface area contributed by atoms with E-state index in [4.69, 9.17) is 0 Å². The van der Waals surface area contributed by atoms with Crippen LogP contribution in [0.15, 0.2) is 24.3 Å². The Morgan fingerprint density at radius 1 is 1.11 bits per heavy atom. The van der Waals surface area contributed by atoms with Crippen molar-refractivity contribution in [2.75, 3.05) is 5.32 Å². The minimum atomic E-state index is 0.479. The molecule has 1 aliphatic carbocycles. The molecule has 1 aromatic rings. The molecule has 0 saturated heterocycles. The van der Waals surface area contributed by atoms with E-state index in [0.29, 0.717) is 11.5 Å². The first kappa shape index (κ1) is 14.4. The summed E-state index contributed by atoms with van der Waals surface area (Å²) in [6, 6.07) is 9.56. The van der Waals surface area contributed by atoms with Gasteiger partial charge in [0.05, 0.1) is 0 Å². The predicted molar refractivity (Wildman–Crippen MR) is 84.6 cm³/mol. The molecule has 1 saturated carbocycles. The second-order valence-corrected chi connectivity index (χ2v) is 7.11. The Hall–Kier alpha value is -0.980. The monoisotopic (exact) mass is 259 g/mol. The van der Waals surface area contributed by atoms with E-state index in [2.05, 4.69) is 57.3 Å². The van der Waals surface area contributed by atoms with Crippen molar-refractivity contribution < 1.29 is 0 Å². The third-order valence-corrected chi connectivity index (χ3v) is 4.66. The van der Waals surface area contributed by atoms with Gasteiger partial charge < -0.3 is 5.32 Å². The Labute approximate surface area is 118 Å². The second kappa shape index (κ2) is 5.98. The Bertz CT molecular complexity index is 394. The van der Waals surface area contributed by atoms with Crippen molar-refractivity contribution in [3.8, 4) is 0 Å². The molecule has 1 heteroatoms. The van der Waals surface area contributed by atoms with Crippen molar-refractivity contribution in [1.82, 2.24) is 0 Å². The van der Waals surface area contributed by atoms with Gasteiger partial charge in [0.2, 0.25) is 0 Å². The van der Waals surface area contributed by atoms with Crippen molar-refractivity contribution in [2.45, 2.75) is 65.8 Å². The van der Waals surface area contributed by atoms with E-state index < -0.39 is 0 Å². The van der Waals surface area contributed by atoms with E-state index in [1.54, 1.807) is 0 Å². The van der Waals surface area contributed by atoms with Crippen molar-refractivity contribution >= 4 is 5.69 Å². The Balaban J connectivity index is 1.88. The number of benzene rings is 1. The number of anilines is 1. The summed E-state index contributed by atoms with van der Waals surface area (Å²) in [7, 11) is 0. The van der Waals surface area contributed by atoms with Gasteiger partial charge in [-0.3, -0.25) is 0 Å². The van der Waals surface area contributed by atoms with Gasteiger partial charge >= 0.3 is 0 Å². The predicted octanol–water partition coefficient (Wildman–Crippen LogP) is 5.27. The molecular formula is C18H29N. The van der Waals surface area contributed by atoms with Gasteiger partial charge in [-0.15, -0.1) is 0 Å². The maximum atomic E-state index is 3.73. The van der Waals surface area contributed by atoms with E-state index in [9.17, 15) is 0 Å². The minimum absolute atomic E-state index is 0.479. The van der Waals surface area contributed by atoms with Crippen LogP contribution in [0.1, 0.15) is 58.9 Å². The first-order valence-corrected chi connectivity index (χ1v) is 7.84. The molecule has 0 aromatic heterocycles. The van der Waals surface area contributed by atoms with Crippen LogP contribution < -0.4 is 5.32 Å². The lowest BCUT2D eigenvalue weighted by atomic mass is 9.71. The summed E-state index contributed by atoms with van der Waals surface area (Å²) in [5.41, 5.74) is 3.21. The number of nitrogens with one attached hydrogen (secondary N) is 1. The molecule has 0 atom stereocenters. The highest BCUT2D eigenvalue weighted by molar-refractivity contribution is 5.46. The van der Waals surface area contributed by atoms with E-state index in [-0.39, 0.29) is 0 Å². The fraction of sp³-hybridized carbons (Fsp3) is 0.667. The van der Waals surface area contributed by atoms with Crippen LogP contribution in [0, 0.1) is 11.3 Å². The lowest BCUT2D eigenvalue weighted by Crippen LogP contribution is -2.31. The van der Waals surface area contributed by atoms with Gasteiger partial charge in [-0.25, -0.2) is 0 Å². The maximum Gasteiger partial charge on any atom is 0.0345 e. The SMILES string of the molecule is CCc1cccc(NC2CCC(C(C)(C)C)CC2)c1. The Morgan fingerprint density at radius 2 is 1.79 bits per heavy atom. The number of hydrogen-bond acceptors (Lipinski definition) is 1. The molecule has 1 N–H and O–H groups in total. The quantitative estimate of drug-likeness (QED) is 0.780. The average molecular weight is 259 g/mol. The third kappa shape index (κ3) is 3.99. The molecule has 1 aliphatic rings. The molecule has 1 aromatic carbocycles. The smallest absolute Gasteiger partial charge is 0.0345 e. The van der Waals surface area contributed by atoms with Crippen LogP contribution >= 0.6 is 0 Å². The molecule has 0 aliphatic heterocycles. The molecule has 2 rings (SSSR count). The van der Waals surface area contributed by atoms with Crippen LogP contribution in [-0.4, -0.2) is 6.04 Å². The summed E-state index contributed by atoms with van der Waals surface area (Å²) in [6.07, 6.45) is 6.49.